The molecule has 0 spiro atoms. The zero-order chi connectivity index (χ0) is 11.1. The first-order valence-corrected chi connectivity index (χ1v) is 6.28. The molecule has 0 bridgehead atoms. The van der Waals surface area contributed by atoms with Gasteiger partial charge in [-0.1, -0.05) is 6.07 Å². The summed E-state index contributed by atoms with van der Waals surface area (Å²) in [6, 6.07) is 6.05. The van der Waals surface area contributed by atoms with Crippen LogP contribution in [0.4, 0.5) is 0 Å². The summed E-state index contributed by atoms with van der Waals surface area (Å²) >= 11 is 0. The average Bonchev–Trinajstić information content (AvgIpc) is 2.27. The van der Waals surface area contributed by atoms with Gasteiger partial charge in [0.15, 0.2) is 0 Å². The third kappa shape index (κ3) is 3.91. The predicted octanol–water partition coefficient (Wildman–Crippen LogP) is 1.66. The van der Waals surface area contributed by atoms with Gasteiger partial charge in [0.2, 0.25) is 0 Å². The smallest absolute Gasteiger partial charge is 0.0541 e. The Morgan fingerprint density at radius 1 is 1.25 bits per heavy atom. The normalized spacial score (nSPS) is 16.0. The lowest BCUT2D eigenvalue weighted by Gasteiger charge is -2.30. The SMILES string of the molecule is c1ccc(CNCCCCN2CCC2)nc1. The summed E-state index contributed by atoms with van der Waals surface area (Å²) in [4.78, 5) is 6.80. The van der Waals surface area contributed by atoms with E-state index >= 15 is 0 Å². The van der Waals surface area contributed by atoms with Gasteiger partial charge in [-0.05, 0) is 57.6 Å². The molecule has 0 radical (unpaired) electrons. The highest BCUT2D eigenvalue weighted by atomic mass is 15.2. The van der Waals surface area contributed by atoms with Gasteiger partial charge in [-0.15, -0.1) is 0 Å². The van der Waals surface area contributed by atoms with Gasteiger partial charge in [0.25, 0.3) is 0 Å². The van der Waals surface area contributed by atoms with Crippen molar-refractivity contribution in [3.63, 3.8) is 0 Å². The molecule has 0 unspecified atom stereocenters. The molecular weight excluding hydrogens is 198 g/mol. The lowest BCUT2D eigenvalue weighted by atomic mass is 10.2. The van der Waals surface area contributed by atoms with Gasteiger partial charge < -0.3 is 10.2 Å². The van der Waals surface area contributed by atoms with Gasteiger partial charge in [0.1, 0.15) is 0 Å². The van der Waals surface area contributed by atoms with Crippen molar-refractivity contribution in [2.75, 3.05) is 26.2 Å². The van der Waals surface area contributed by atoms with Crippen LogP contribution in [0.15, 0.2) is 24.4 Å². The highest BCUT2D eigenvalue weighted by molar-refractivity contribution is 5.02. The number of aromatic nitrogens is 1. The average molecular weight is 219 g/mol. The Morgan fingerprint density at radius 3 is 2.88 bits per heavy atom. The second-order valence-electron chi connectivity index (χ2n) is 4.40. The topological polar surface area (TPSA) is 28.2 Å². The highest BCUT2D eigenvalue weighted by Crippen LogP contribution is 2.06. The first-order chi connectivity index (χ1) is 7.95. The van der Waals surface area contributed by atoms with Crippen molar-refractivity contribution < 1.29 is 0 Å². The number of hydrogen-bond acceptors (Lipinski definition) is 3. The number of rotatable bonds is 7. The van der Waals surface area contributed by atoms with E-state index in [1.807, 2.05) is 18.3 Å². The molecule has 0 aliphatic carbocycles. The number of unbranched alkanes of at least 4 members (excludes halogenated alkanes) is 1. The van der Waals surface area contributed by atoms with Crippen molar-refractivity contribution in [2.24, 2.45) is 0 Å². The van der Waals surface area contributed by atoms with Crippen LogP contribution in [-0.4, -0.2) is 36.1 Å². The fourth-order valence-corrected chi connectivity index (χ4v) is 1.91. The number of nitrogens with one attached hydrogen (secondary N) is 1. The lowest BCUT2D eigenvalue weighted by molar-refractivity contribution is 0.178. The minimum absolute atomic E-state index is 0.893. The summed E-state index contributed by atoms with van der Waals surface area (Å²) in [6.07, 6.45) is 5.83. The standard InChI is InChI=1S/C13H21N3/c1-2-8-15-13(6-1)12-14-7-3-4-9-16-10-5-11-16/h1-2,6,8,14H,3-5,7,9-12H2. The highest BCUT2D eigenvalue weighted by Gasteiger charge is 2.11. The van der Waals surface area contributed by atoms with Crippen molar-refractivity contribution >= 4 is 0 Å². The van der Waals surface area contributed by atoms with Gasteiger partial charge >= 0.3 is 0 Å². The van der Waals surface area contributed by atoms with Crippen molar-refractivity contribution in [1.82, 2.24) is 15.2 Å². The van der Waals surface area contributed by atoms with E-state index in [0.717, 1.165) is 18.8 Å². The second-order valence-corrected chi connectivity index (χ2v) is 4.40. The van der Waals surface area contributed by atoms with Gasteiger partial charge in [0.05, 0.1) is 5.69 Å². The Hall–Kier alpha value is -0.930. The lowest BCUT2D eigenvalue weighted by Crippen LogP contribution is -2.37. The molecule has 0 aromatic carbocycles. The Kier molecular flexibility index (Phi) is 4.77. The van der Waals surface area contributed by atoms with Crippen molar-refractivity contribution in [3.05, 3.63) is 30.1 Å². The fraction of sp³-hybridized carbons (Fsp3) is 0.615. The van der Waals surface area contributed by atoms with Crippen molar-refractivity contribution in [3.8, 4) is 0 Å². The molecule has 1 aromatic heterocycles. The zero-order valence-electron chi connectivity index (χ0n) is 9.86. The molecular formula is C13H21N3. The van der Waals surface area contributed by atoms with Crippen LogP contribution >= 0.6 is 0 Å². The molecule has 1 fully saturated rings. The summed E-state index contributed by atoms with van der Waals surface area (Å²) in [5, 5.41) is 3.43. The Bertz CT molecular complexity index is 282. The summed E-state index contributed by atoms with van der Waals surface area (Å²) in [7, 11) is 0. The maximum absolute atomic E-state index is 4.28. The van der Waals surface area contributed by atoms with E-state index in [0.29, 0.717) is 0 Å². The molecule has 16 heavy (non-hydrogen) atoms. The molecule has 1 aliphatic rings. The van der Waals surface area contributed by atoms with Crippen LogP contribution < -0.4 is 5.32 Å². The van der Waals surface area contributed by atoms with Crippen molar-refractivity contribution in [1.29, 1.82) is 0 Å². The summed E-state index contributed by atoms with van der Waals surface area (Å²) in [6.45, 7) is 5.92. The molecule has 1 N–H and O–H groups in total. The van der Waals surface area contributed by atoms with E-state index in [4.69, 9.17) is 0 Å². The quantitative estimate of drug-likeness (QED) is 0.707. The number of nitrogens with zero attached hydrogens (tertiary/aromatic N) is 2. The second kappa shape index (κ2) is 6.61. The maximum atomic E-state index is 4.28. The molecule has 2 rings (SSSR count). The Morgan fingerprint density at radius 2 is 2.19 bits per heavy atom. The minimum Gasteiger partial charge on any atom is -0.311 e. The largest absolute Gasteiger partial charge is 0.311 e. The van der Waals surface area contributed by atoms with Crippen LogP contribution in [-0.2, 0) is 6.54 Å². The maximum Gasteiger partial charge on any atom is 0.0541 e. The monoisotopic (exact) mass is 219 g/mol. The van der Waals surface area contributed by atoms with E-state index in [9.17, 15) is 0 Å². The van der Waals surface area contributed by atoms with Gasteiger partial charge in [0, 0.05) is 12.7 Å². The van der Waals surface area contributed by atoms with E-state index in [1.54, 1.807) is 0 Å². The van der Waals surface area contributed by atoms with Gasteiger partial charge in [-0.2, -0.15) is 0 Å². The molecule has 1 aromatic rings. The summed E-state index contributed by atoms with van der Waals surface area (Å²) in [5.74, 6) is 0. The number of likely N-dealkylation sites (tertiary alicyclic amines) is 1. The summed E-state index contributed by atoms with van der Waals surface area (Å²) < 4.78 is 0. The van der Waals surface area contributed by atoms with Crippen LogP contribution in [0.3, 0.4) is 0 Å². The van der Waals surface area contributed by atoms with E-state index in [1.165, 1.54) is 38.9 Å². The third-order valence-electron chi connectivity index (χ3n) is 3.06. The molecule has 0 amide bonds. The molecule has 3 heteroatoms. The molecule has 0 saturated carbocycles. The third-order valence-corrected chi connectivity index (χ3v) is 3.06. The molecule has 88 valence electrons. The van der Waals surface area contributed by atoms with Gasteiger partial charge in [-0.25, -0.2) is 0 Å². The molecule has 3 nitrogen and oxygen atoms in total. The van der Waals surface area contributed by atoms with E-state index < -0.39 is 0 Å². The number of pyridine rings is 1. The first-order valence-electron chi connectivity index (χ1n) is 6.28. The first kappa shape index (κ1) is 11.6. The minimum atomic E-state index is 0.893. The van der Waals surface area contributed by atoms with Crippen LogP contribution in [0.1, 0.15) is 25.0 Å². The van der Waals surface area contributed by atoms with E-state index in [-0.39, 0.29) is 0 Å². The van der Waals surface area contributed by atoms with Crippen LogP contribution in [0, 0.1) is 0 Å². The fourth-order valence-electron chi connectivity index (χ4n) is 1.91. The molecule has 1 saturated heterocycles. The zero-order valence-corrected chi connectivity index (χ0v) is 9.86. The number of hydrogen-bond donors (Lipinski definition) is 1. The van der Waals surface area contributed by atoms with Crippen LogP contribution in [0.25, 0.3) is 0 Å². The van der Waals surface area contributed by atoms with Crippen LogP contribution in [0.5, 0.6) is 0 Å². The molecule has 1 aliphatic heterocycles. The molecule has 2 heterocycles. The predicted molar refractivity (Wildman–Crippen MR) is 66.2 cm³/mol. The van der Waals surface area contributed by atoms with Gasteiger partial charge in [-0.3, -0.25) is 4.98 Å². The Labute approximate surface area is 97.9 Å². The Balaban J connectivity index is 1.45. The van der Waals surface area contributed by atoms with E-state index in [2.05, 4.69) is 21.3 Å². The summed E-state index contributed by atoms with van der Waals surface area (Å²) in [5.41, 5.74) is 1.13. The van der Waals surface area contributed by atoms with Crippen LogP contribution in [0.2, 0.25) is 0 Å². The molecule has 0 atom stereocenters. The van der Waals surface area contributed by atoms with Crippen molar-refractivity contribution in [2.45, 2.75) is 25.8 Å².